The molecule has 0 saturated heterocycles. The zero-order valence-corrected chi connectivity index (χ0v) is 3.42. The highest BCUT2D eigenvalue weighted by Gasteiger charge is 1.51. The highest BCUT2D eigenvalue weighted by molar-refractivity contribution is 7.78. The molecule has 0 aromatic rings. The van der Waals surface area contributed by atoms with Gasteiger partial charge in [0.05, 0.1) is 6.26 Å². The van der Waals surface area contributed by atoms with Gasteiger partial charge in [0.15, 0.2) is 0 Å². The van der Waals surface area contributed by atoms with Gasteiger partial charge in [-0.25, -0.2) is 0 Å². The number of hydrogen-bond acceptors (Lipinski definition) is 2. The average molecular weight is 87.1 g/mol. The topological polar surface area (TPSA) is 9.23 Å². The summed E-state index contributed by atoms with van der Waals surface area (Å²) < 4.78 is 4.16. The summed E-state index contributed by atoms with van der Waals surface area (Å²) in [6.07, 6.45) is 1.22. The fourth-order valence-electron chi connectivity index (χ4n) is 0.0340. The molecule has 0 saturated carbocycles. The second kappa shape index (κ2) is 3.63. The molecule has 0 unspecified atom stereocenters. The Balaban J connectivity index is 2.65. The summed E-state index contributed by atoms with van der Waals surface area (Å²) in [5, 5.41) is 0. The van der Waals surface area contributed by atoms with E-state index in [1.807, 2.05) is 5.55 Å². The van der Waals surface area contributed by atoms with Crippen LogP contribution in [0.1, 0.15) is 0 Å². The van der Waals surface area contributed by atoms with E-state index in [1.165, 1.54) is 6.26 Å². The van der Waals surface area contributed by atoms with Crippen molar-refractivity contribution in [1.29, 1.82) is 0 Å². The third kappa shape index (κ3) is 3.63. The van der Waals surface area contributed by atoms with E-state index >= 15 is 0 Å². The van der Waals surface area contributed by atoms with Gasteiger partial charge < -0.3 is 4.74 Å². The van der Waals surface area contributed by atoms with E-state index in [4.69, 9.17) is 0 Å². The fourth-order valence-corrected chi connectivity index (χ4v) is 0.102. The molecular weight excluding hydrogens is 84.1 g/mol. The van der Waals surface area contributed by atoms with Gasteiger partial charge in [0.25, 0.3) is 0 Å². The molecule has 2 heteroatoms. The zero-order chi connectivity index (χ0) is 4.12. The first kappa shape index (κ1) is 4.63. The van der Waals surface area contributed by atoms with Crippen LogP contribution < -0.4 is 0 Å². The van der Waals surface area contributed by atoms with Gasteiger partial charge in [-0.2, -0.15) is 0 Å². The summed E-state index contributed by atoms with van der Waals surface area (Å²) >= 11 is 4.11. The number of thiocarbonyl (C=S) groups is 1. The van der Waals surface area contributed by atoms with Gasteiger partial charge in [-0.1, -0.05) is 6.58 Å². The molecule has 5 heavy (non-hydrogen) atoms. The Morgan fingerprint density at radius 3 is 2.60 bits per heavy atom. The van der Waals surface area contributed by atoms with Crippen molar-refractivity contribution >= 4 is 17.8 Å². The molecule has 0 aromatic heterocycles. The average Bonchev–Trinajstić information content (AvgIpc) is 1.41. The Bertz CT molecular complexity index is 36.2. The molecule has 0 N–H and O–H groups in total. The molecule has 0 rings (SSSR count). The van der Waals surface area contributed by atoms with Gasteiger partial charge in [-0.05, 0) is 12.2 Å². The lowest BCUT2D eigenvalue weighted by molar-refractivity contribution is 0.507. The summed E-state index contributed by atoms with van der Waals surface area (Å²) in [7, 11) is 0. The highest BCUT2D eigenvalue weighted by Crippen LogP contribution is 1.60. The van der Waals surface area contributed by atoms with E-state index in [1.54, 1.807) is 0 Å². The van der Waals surface area contributed by atoms with E-state index in [2.05, 4.69) is 23.5 Å². The largest absolute Gasteiger partial charge is 0.450 e. The van der Waals surface area contributed by atoms with Crippen LogP contribution in [0.25, 0.3) is 0 Å². The Kier molecular flexibility index (Phi) is 3.36. The summed E-state index contributed by atoms with van der Waals surface area (Å²) in [5.74, 6) is 0. The van der Waals surface area contributed by atoms with E-state index in [-0.39, 0.29) is 0 Å². The SMILES string of the molecule is C=CO[C]=S. The predicted octanol–water partition coefficient (Wildman–Crippen LogP) is 0.981. The van der Waals surface area contributed by atoms with Crippen LogP contribution in [0.2, 0.25) is 0 Å². The van der Waals surface area contributed by atoms with Crippen molar-refractivity contribution in [3.8, 4) is 0 Å². The Labute approximate surface area is 36.3 Å². The predicted molar refractivity (Wildman–Crippen MR) is 23.9 cm³/mol. The fraction of sp³-hybridized carbons (Fsp3) is 0. The molecule has 0 bridgehead atoms. The first-order chi connectivity index (χ1) is 2.41. The first-order valence-corrected chi connectivity index (χ1v) is 1.46. The zero-order valence-electron chi connectivity index (χ0n) is 2.60. The molecule has 0 aliphatic carbocycles. The second-order valence-electron chi connectivity index (χ2n) is 0.368. The van der Waals surface area contributed by atoms with Crippen LogP contribution >= 0.6 is 12.2 Å². The highest BCUT2D eigenvalue weighted by atomic mass is 32.1. The first-order valence-electron chi connectivity index (χ1n) is 1.05. The van der Waals surface area contributed by atoms with Crippen molar-refractivity contribution in [2.75, 3.05) is 0 Å². The Hall–Kier alpha value is -0.370. The Morgan fingerprint density at radius 2 is 2.60 bits per heavy atom. The van der Waals surface area contributed by atoms with E-state index in [9.17, 15) is 0 Å². The molecule has 0 heterocycles. The summed E-state index contributed by atoms with van der Waals surface area (Å²) in [6.45, 7) is 3.20. The van der Waals surface area contributed by atoms with E-state index in [0.717, 1.165) is 0 Å². The third-order valence-electron chi connectivity index (χ3n) is 0.131. The quantitative estimate of drug-likeness (QED) is 0.367. The van der Waals surface area contributed by atoms with Gasteiger partial charge in [-0.15, -0.1) is 0 Å². The van der Waals surface area contributed by atoms with Crippen LogP contribution in [0.3, 0.4) is 0 Å². The molecule has 0 aliphatic rings. The Morgan fingerprint density at radius 1 is 2.00 bits per heavy atom. The molecule has 0 amide bonds. The van der Waals surface area contributed by atoms with Gasteiger partial charge in [0.2, 0.25) is 5.55 Å². The molecule has 0 spiro atoms. The van der Waals surface area contributed by atoms with Crippen molar-refractivity contribution in [3.63, 3.8) is 0 Å². The van der Waals surface area contributed by atoms with Gasteiger partial charge in [0, 0.05) is 0 Å². The van der Waals surface area contributed by atoms with E-state index < -0.39 is 0 Å². The smallest absolute Gasteiger partial charge is 0.244 e. The molecule has 27 valence electrons. The monoisotopic (exact) mass is 87.0 g/mol. The molecule has 0 aromatic carbocycles. The number of rotatable bonds is 2. The van der Waals surface area contributed by atoms with Crippen LogP contribution in [-0.4, -0.2) is 5.55 Å². The van der Waals surface area contributed by atoms with Crippen molar-refractivity contribution < 1.29 is 4.74 Å². The standard InChI is InChI=1S/C3H3OS/c1-2-4-3-5/h2H,1H2. The lowest BCUT2D eigenvalue weighted by Crippen LogP contribution is -1.62. The summed E-state index contributed by atoms with van der Waals surface area (Å²) in [4.78, 5) is 0. The minimum absolute atomic E-state index is 1.22. The maximum atomic E-state index is 4.16. The van der Waals surface area contributed by atoms with Gasteiger partial charge in [-0.3, -0.25) is 0 Å². The van der Waals surface area contributed by atoms with E-state index in [0.29, 0.717) is 0 Å². The van der Waals surface area contributed by atoms with Gasteiger partial charge >= 0.3 is 0 Å². The van der Waals surface area contributed by atoms with Crippen LogP contribution in [0.15, 0.2) is 12.8 Å². The number of ether oxygens (including phenoxy) is 1. The molecule has 0 aliphatic heterocycles. The van der Waals surface area contributed by atoms with Crippen LogP contribution in [0.4, 0.5) is 0 Å². The second-order valence-corrected chi connectivity index (χ2v) is 0.535. The maximum absolute atomic E-state index is 4.16. The normalized spacial score (nSPS) is 5.60. The van der Waals surface area contributed by atoms with Crippen molar-refractivity contribution in [1.82, 2.24) is 0 Å². The van der Waals surface area contributed by atoms with Gasteiger partial charge in [0.1, 0.15) is 0 Å². The molecule has 0 fully saturated rings. The lowest BCUT2D eigenvalue weighted by Gasteiger charge is -1.72. The number of hydrogen-bond donors (Lipinski definition) is 0. The van der Waals surface area contributed by atoms with Crippen molar-refractivity contribution in [3.05, 3.63) is 12.8 Å². The summed E-state index contributed by atoms with van der Waals surface area (Å²) in [5.41, 5.74) is 1.98. The minimum atomic E-state index is 1.22. The summed E-state index contributed by atoms with van der Waals surface area (Å²) in [6, 6.07) is 0. The molecular formula is C3H3OS. The lowest BCUT2D eigenvalue weighted by atomic mass is 11.2. The third-order valence-corrected chi connectivity index (χ3v) is 0.228. The maximum Gasteiger partial charge on any atom is 0.244 e. The molecule has 1 radical (unpaired) electrons. The van der Waals surface area contributed by atoms with Crippen LogP contribution in [0, 0.1) is 0 Å². The molecule has 0 atom stereocenters. The van der Waals surface area contributed by atoms with Crippen LogP contribution in [-0.2, 0) is 4.74 Å². The minimum Gasteiger partial charge on any atom is -0.450 e. The van der Waals surface area contributed by atoms with Crippen LogP contribution in [0.5, 0.6) is 0 Å². The van der Waals surface area contributed by atoms with Crippen molar-refractivity contribution in [2.45, 2.75) is 0 Å². The van der Waals surface area contributed by atoms with Crippen molar-refractivity contribution in [2.24, 2.45) is 0 Å². The molecule has 1 nitrogen and oxygen atoms in total.